The minimum atomic E-state index is -0.725. The molecule has 0 spiro atoms. The fraction of sp³-hybridized carbons (Fsp3) is 0.300. The molecule has 0 saturated heterocycles. The van der Waals surface area contributed by atoms with E-state index in [4.69, 9.17) is 10.00 Å². The summed E-state index contributed by atoms with van der Waals surface area (Å²) in [6.07, 6.45) is -0.372. The van der Waals surface area contributed by atoms with Gasteiger partial charge < -0.3 is 4.74 Å². The van der Waals surface area contributed by atoms with Crippen LogP contribution in [0.5, 0.6) is 5.75 Å². The monoisotopic (exact) mass is 224 g/mol. The number of nitro groups is 1. The Bertz CT molecular complexity index is 442. The minimum absolute atomic E-state index is 0.0332. The summed E-state index contributed by atoms with van der Waals surface area (Å²) < 4.78 is 18.0. The molecule has 1 unspecified atom stereocenters. The van der Waals surface area contributed by atoms with Gasteiger partial charge in [0.15, 0.2) is 5.75 Å². The smallest absolute Gasteiger partial charge is 0.313 e. The van der Waals surface area contributed by atoms with Crippen LogP contribution in [0.3, 0.4) is 0 Å². The van der Waals surface area contributed by atoms with Gasteiger partial charge in [0.05, 0.1) is 23.5 Å². The second-order valence-corrected chi connectivity index (χ2v) is 3.16. The van der Waals surface area contributed by atoms with E-state index >= 15 is 0 Å². The number of nitrogens with zero attached hydrogens (tertiary/aromatic N) is 2. The lowest BCUT2D eigenvalue weighted by molar-refractivity contribution is -0.386. The molecule has 0 aliphatic rings. The topological polar surface area (TPSA) is 76.2 Å². The quantitative estimate of drug-likeness (QED) is 0.581. The van der Waals surface area contributed by atoms with Crippen molar-refractivity contribution in [1.82, 2.24) is 0 Å². The lowest BCUT2D eigenvalue weighted by Crippen LogP contribution is -2.11. The first kappa shape index (κ1) is 11.9. The predicted molar refractivity (Wildman–Crippen MR) is 53.4 cm³/mol. The zero-order chi connectivity index (χ0) is 12.1. The first-order valence-electron chi connectivity index (χ1n) is 4.52. The number of hydrogen-bond acceptors (Lipinski definition) is 4. The molecule has 0 saturated carbocycles. The zero-order valence-electron chi connectivity index (χ0n) is 8.51. The van der Waals surface area contributed by atoms with Gasteiger partial charge in [0, 0.05) is 0 Å². The van der Waals surface area contributed by atoms with Crippen LogP contribution < -0.4 is 4.74 Å². The Balaban J connectivity index is 2.96. The van der Waals surface area contributed by atoms with Gasteiger partial charge in [0.25, 0.3) is 0 Å². The highest BCUT2D eigenvalue weighted by Crippen LogP contribution is 2.28. The van der Waals surface area contributed by atoms with Crippen LogP contribution in [0.4, 0.5) is 10.1 Å². The van der Waals surface area contributed by atoms with E-state index in [1.807, 2.05) is 6.07 Å². The Hall–Kier alpha value is -2.16. The molecule has 1 atom stereocenters. The third kappa shape index (κ3) is 2.92. The molecular weight excluding hydrogens is 215 g/mol. The number of hydrogen-bond donors (Lipinski definition) is 0. The number of benzene rings is 1. The summed E-state index contributed by atoms with van der Waals surface area (Å²) in [4.78, 5) is 9.88. The fourth-order valence-electron chi connectivity index (χ4n) is 1.12. The average Bonchev–Trinajstić information content (AvgIpc) is 2.20. The summed E-state index contributed by atoms with van der Waals surface area (Å²) in [5.41, 5.74) is -0.440. The molecule has 0 N–H and O–H groups in total. The van der Waals surface area contributed by atoms with Gasteiger partial charge in [-0.3, -0.25) is 10.1 Å². The maximum Gasteiger partial charge on any atom is 0.313 e. The van der Waals surface area contributed by atoms with Crippen LogP contribution in [0.2, 0.25) is 0 Å². The van der Waals surface area contributed by atoms with Crippen molar-refractivity contribution in [3.63, 3.8) is 0 Å². The number of halogens is 1. The number of nitro benzene ring substituents is 1. The molecule has 0 radical (unpaired) electrons. The summed E-state index contributed by atoms with van der Waals surface area (Å²) >= 11 is 0. The summed E-state index contributed by atoms with van der Waals surface area (Å²) in [6, 6.07) is 4.92. The van der Waals surface area contributed by atoms with Gasteiger partial charge in [0.2, 0.25) is 0 Å². The van der Waals surface area contributed by atoms with E-state index < -0.39 is 22.5 Å². The van der Waals surface area contributed by atoms with Gasteiger partial charge in [-0.2, -0.15) is 5.26 Å². The van der Waals surface area contributed by atoms with Crippen LogP contribution in [0.1, 0.15) is 13.3 Å². The standard InChI is InChI=1S/C10H9FN2O3/c1-7(4-5-12)16-10-3-2-8(11)6-9(10)13(14)15/h2-3,6-7H,4H2,1H3. The Labute approximate surface area is 91.2 Å². The number of ether oxygens (including phenoxy) is 1. The molecule has 6 heteroatoms. The molecule has 16 heavy (non-hydrogen) atoms. The van der Waals surface area contributed by atoms with Crippen molar-refractivity contribution >= 4 is 5.69 Å². The largest absolute Gasteiger partial charge is 0.483 e. The molecule has 0 aromatic heterocycles. The molecule has 0 bridgehead atoms. The van der Waals surface area contributed by atoms with Crippen molar-refractivity contribution in [1.29, 1.82) is 5.26 Å². The van der Waals surface area contributed by atoms with Gasteiger partial charge in [-0.1, -0.05) is 0 Å². The highest BCUT2D eigenvalue weighted by molar-refractivity contribution is 5.46. The van der Waals surface area contributed by atoms with E-state index in [1.165, 1.54) is 6.07 Å². The molecule has 1 aromatic rings. The molecular formula is C10H9FN2O3. The van der Waals surface area contributed by atoms with Crippen molar-refractivity contribution < 1.29 is 14.1 Å². The van der Waals surface area contributed by atoms with Crippen LogP contribution in [-0.2, 0) is 0 Å². The van der Waals surface area contributed by atoms with Crippen molar-refractivity contribution in [2.24, 2.45) is 0 Å². The highest BCUT2D eigenvalue weighted by atomic mass is 19.1. The van der Waals surface area contributed by atoms with Crippen molar-refractivity contribution in [3.05, 3.63) is 34.1 Å². The lowest BCUT2D eigenvalue weighted by atomic mass is 10.2. The fourth-order valence-corrected chi connectivity index (χ4v) is 1.12. The van der Waals surface area contributed by atoms with Crippen molar-refractivity contribution in [2.45, 2.75) is 19.4 Å². The maximum atomic E-state index is 12.8. The second-order valence-electron chi connectivity index (χ2n) is 3.16. The lowest BCUT2D eigenvalue weighted by Gasteiger charge is -2.11. The molecule has 0 aliphatic carbocycles. The Kier molecular flexibility index (Phi) is 3.78. The third-order valence-corrected chi connectivity index (χ3v) is 1.82. The number of nitriles is 1. The maximum absolute atomic E-state index is 12.8. The summed E-state index contributed by atoms with van der Waals surface area (Å²) in [5, 5.41) is 19.0. The SMILES string of the molecule is CC(CC#N)Oc1ccc(F)cc1[N+](=O)[O-]. The normalized spacial score (nSPS) is 11.6. The average molecular weight is 224 g/mol. The predicted octanol–water partition coefficient (Wildman–Crippen LogP) is 2.41. The Morgan fingerprint density at radius 1 is 1.69 bits per heavy atom. The van der Waals surface area contributed by atoms with Gasteiger partial charge in [-0.05, 0) is 19.1 Å². The van der Waals surface area contributed by atoms with Crippen molar-refractivity contribution in [3.8, 4) is 11.8 Å². The molecule has 0 aliphatic heterocycles. The van der Waals surface area contributed by atoms with E-state index in [-0.39, 0.29) is 12.2 Å². The molecule has 0 heterocycles. The van der Waals surface area contributed by atoms with Gasteiger partial charge >= 0.3 is 5.69 Å². The Morgan fingerprint density at radius 3 is 2.94 bits per heavy atom. The molecule has 0 amide bonds. The molecule has 84 valence electrons. The van der Waals surface area contributed by atoms with E-state index in [2.05, 4.69) is 0 Å². The van der Waals surface area contributed by atoms with E-state index in [0.29, 0.717) is 0 Å². The van der Waals surface area contributed by atoms with Crippen LogP contribution >= 0.6 is 0 Å². The van der Waals surface area contributed by atoms with Crippen LogP contribution in [0.25, 0.3) is 0 Å². The van der Waals surface area contributed by atoms with E-state index in [0.717, 1.165) is 12.1 Å². The van der Waals surface area contributed by atoms with Crippen LogP contribution in [-0.4, -0.2) is 11.0 Å². The van der Waals surface area contributed by atoms with Gasteiger partial charge in [0.1, 0.15) is 11.9 Å². The number of rotatable bonds is 4. The van der Waals surface area contributed by atoms with Crippen LogP contribution in [0.15, 0.2) is 18.2 Å². The first-order chi connectivity index (χ1) is 7.54. The molecule has 1 aromatic carbocycles. The molecule has 1 rings (SSSR count). The minimum Gasteiger partial charge on any atom is -0.483 e. The summed E-state index contributed by atoms with van der Waals surface area (Å²) in [5.74, 6) is -0.735. The third-order valence-electron chi connectivity index (χ3n) is 1.82. The summed E-state index contributed by atoms with van der Waals surface area (Å²) in [7, 11) is 0. The van der Waals surface area contributed by atoms with E-state index in [9.17, 15) is 14.5 Å². The van der Waals surface area contributed by atoms with Crippen LogP contribution in [0, 0.1) is 27.3 Å². The van der Waals surface area contributed by atoms with Gasteiger partial charge in [-0.15, -0.1) is 0 Å². The Morgan fingerprint density at radius 2 is 2.38 bits per heavy atom. The molecule has 0 fully saturated rings. The first-order valence-corrected chi connectivity index (χ1v) is 4.52. The zero-order valence-corrected chi connectivity index (χ0v) is 8.51. The molecule has 5 nitrogen and oxygen atoms in total. The second kappa shape index (κ2) is 5.07. The summed E-state index contributed by atoms with van der Waals surface area (Å²) in [6.45, 7) is 1.61. The van der Waals surface area contributed by atoms with Gasteiger partial charge in [-0.25, -0.2) is 4.39 Å². The van der Waals surface area contributed by atoms with Crippen molar-refractivity contribution in [2.75, 3.05) is 0 Å². The highest BCUT2D eigenvalue weighted by Gasteiger charge is 2.18. The van der Waals surface area contributed by atoms with E-state index in [1.54, 1.807) is 6.92 Å².